The Kier molecular flexibility index (Phi) is 3.62. The van der Waals surface area contributed by atoms with E-state index in [0.29, 0.717) is 32.9 Å². The summed E-state index contributed by atoms with van der Waals surface area (Å²) < 4.78 is 20.6. The number of halogens is 2. The molecule has 4 aromatic rings. The van der Waals surface area contributed by atoms with Gasteiger partial charge in [-0.1, -0.05) is 0 Å². The van der Waals surface area contributed by atoms with Gasteiger partial charge in [-0.2, -0.15) is 0 Å². The lowest BCUT2D eigenvalue weighted by Gasteiger charge is -1.92. The highest BCUT2D eigenvalue weighted by Gasteiger charge is 2.14. The molecule has 0 atom stereocenters. The second-order valence-electron chi connectivity index (χ2n) is 4.74. The maximum Gasteiger partial charge on any atom is 0.249 e. The summed E-state index contributed by atoms with van der Waals surface area (Å²) in [7, 11) is 0. The van der Waals surface area contributed by atoms with E-state index in [0.717, 1.165) is 10.6 Å². The SMILES string of the molecule is Fc1c(Br)ccc2nc(Cc3nnc(-c4cccnc4)o3)sc12. The Morgan fingerprint density at radius 1 is 1.22 bits per heavy atom. The molecule has 0 saturated heterocycles. The first kappa shape index (κ1) is 14.4. The molecule has 0 aliphatic rings. The van der Waals surface area contributed by atoms with Crippen LogP contribution in [0.3, 0.4) is 0 Å². The van der Waals surface area contributed by atoms with E-state index in [1.54, 1.807) is 30.6 Å². The first-order valence-corrected chi connectivity index (χ1v) is 8.28. The largest absolute Gasteiger partial charge is 0.420 e. The van der Waals surface area contributed by atoms with Gasteiger partial charge >= 0.3 is 0 Å². The van der Waals surface area contributed by atoms with Gasteiger partial charge in [0.1, 0.15) is 5.01 Å². The topological polar surface area (TPSA) is 64.7 Å². The molecule has 23 heavy (non-hydrogen) atoms. The molecule has 0 saturated carbocycles. The van der Waals surface area contributed by atoms with Gasteiger partial charge in [-0.15, -0.1) is 21.5 Å². The van der Waals surface area contributed by atoms with E-state index in [4.69, 9.17) is 4.42 Å². The van der Waals surface area contributed by atoms with E-state index in [2.05, 4.69) is 36.1 Å². The van der Waals surface area contributed by atoms with E-state index < -0.39 is 0 Å². The van der Waals surface area contributed by atoms with Gasteiger partial charge in [-0.3, -0.25) is 4.98 Å². The molecule has 114 valence electrons. The van der Waals surface area contributed by atoms with Crippen LogP contribution >= 0.6 is 27.3 Å². The number of hydrogen-bond donors (Lipinski definition) is 0. The number of rotatable bonds is 3. The summed E-state index contributed by atoms with van der Waals surface area (Å²) >= 11 is 4.46. The van der Waals surface area contributed by atoms with Crippen molar-refractivity contribution in [1.29, 1.82) is 0 Å². The zero-order valence-electron chi connectivity index (χ0n) is 11.5. The number of pyridine rings is 1. The molecule has 0 bridgehead atoms. The molecule has 0 radical (unpaired) electrons. The van der Waals surface area contributed by atoms with Crippen LogP contribution in [-0.4, -0.2) is 20.2 Å². The number of aromatic nitrogens is 4. The first-order valence-electron chi connectivity index (χ1n) is 6.67. The number of hydrogen-bond acceptors (Lipinski definition) is 6. The van der Waals surface area contributed by atoms with Gasteiger partial charge in [0.25, 0.3) is 0 Å². The maximum atomic E-state index is 14.0. The number of benzene rings is 1. The van der Waals surface area contributed by atoms with Crippen molar-refractivity contribution < 1.29 is 8.81 Å². The van der Waals surface area contributed by atoms with Gasteiger partial charge < -0.3 is 4.42 Å². The van der Waals surface area contributed by atoms with E-state index in [1.165, 1.54) is 11.3 Å². The summed E-state index contributed by atoms with van der Waals surface area (Å²) in [5.41, 5.74) is 1.38. The predicted molar refractivity (Wildman–Crippen MR) is 87.6 cm³/mol. The highest BCUT2D eigenvalue weighted by Crippen LogP contribution is 2.30. The Hall–Kier alpha value is -2.19. The zero-order valence-corrected chi connectivity index (χ0v) is 13.9. The van der Waals surface area contributed by atoms with Crippen LogP contribution in [0.25, 0.3) is 21.7 Å². The summed E-state index contributed by atoms with van der Waals surface area (Å²) in [6.45, 7) is 0. The monoisotopic (exact) mass is 390 g/mol. The van der Waals surface area contributed by atoms with E-state index >= 15 is 0 Å². The fraction of sp³-hybridized carbons (Fsp3) is 0.0667. The predicted octanol–water partition coefficient (Wildman–Crippen LogP) is 4.23. The van der Waals surface area contributed by atoms with Gasteiger partial charge in [-0.05, 0) is 40.2 Å². The minimum absolute atomic E-state index is 0.298. The van der Waals surface area contributed by atoms with Crippen LogP contribution in [-0.2, 0) is 6.42 Å². The van der Waals surface area contributed by atoms with Crippen LogP contribution in [0, 0.1) is 5.82 Å². The second kappa shape index (κ2) is 5.78. The van der Waals surface area contributed by atoms with E-state index in [9.17, 15) is 4.39 Å². The molecule has 5 nitrogen and oxygen atoms in total. The van der Waals surface area contributed by atoms with Crippen LogP contribution in [0.4, 0.5) is 4.39 Å². The highest BCUT2D eigenvalue weighted by molar-refractivity contribution is 9.10. The lowest BCUT2D eigenvalue weighted by atomic mass is 10.3. The molecule has 0 aliphatic heterocycles. The number of fused-ring (bicyclic) bond motifs is 1. The summed E-state index contributed by atoms with van der Waals surface area (Å²) in [6.07, 6.45) is 3.69. The fourth-order valence-corrected chi connectivity index (χ4v) is 3.57. The molecule has 0 unspecified atom stereocenters. The van der Waals surface area contributed by atoms with Gasteiger partial charge in [0.2, 0.25) is 11.8 Å². The lowest BCUT2D eigenvalue weighted by Crippen LogP contribution is -1.86. The van der Waals surface area contributed by atoms with Crippen molar-refractivity contribution in [1.82, 2.24) is 20.2 Å². The normalized spacial score (nSPS) is 11.2. The van der Waals surface area contributed by atoms with Gasteiger partial charge in [0.05, 0.1) is 26.7 Å². The van der Waals surface area contributed by atoms with Gasteiger partial charge in [0, 0.05) is 12.4 Å². The third-order valence-electron chi connectivity index (χ3n) is 3.17. The average Bonchev–Trinajstić information content (AvgIpc) is 3.19. The minimum Gasteiger partial charge on any atom is -0.420 e. The zero-order chi connectivity index (χ0) is 15.8. The highest BCUT2D eigenvalue weighted by atomic mass is 79.9. The van der Waals surface area contributed by atoms with E-state index in [-0.39, 0.29) is 5.82 Å². The molecule has 0 aliphatic carbocycles. The number of nitrogens with zero attached hydrogens (tertiary/aromatic N) is 4. The summed E-state index contributed by atoms with van der Waals surface area (Å²) in [5.74, 6) is 0.540. The molecular formula is C15H8BrFN4OS. The molecule has 1 aromatic carbocycles. The standard InChI is InChI=1S/C15H8BrFN4OS/c16-9-3-4-10-14(13(9)17)23-12(19-10)6-11-20-21-15(22-11)8-2-1-5-18-7-8/h1-5,7H,6H2. The average molecular weight is 391 g/mol. The maximum absolute atomic E-state index is 14.0. The molecular weight excluding hydrogens is 383 g/mol. The molecule has 8 heteroatoms. The lowest BCUT2D eigenvalue weighted by molar-refractivity contribution is 0.517. The molecule has 0 amide bonds. The fourth-order valence-electron chi connectivity index (χ4n) is 2.12. The molecule has 0 spiro atoms. The third kappa shape index (κ3) is 2.75. The Bertz CT molecular complexity index is 986. The summed E-state index contributed by atoms with van der Waals surface area (Å²) in [6, 6.07) is 7.06. The van der Waals surface area contributed by atoms with Crippen LogP contribution in [0.15, 0.2) is 45.5 Å². The smallest absolute Gasteiger partial charge is 0.249 e. The van der Waals surface area contributed by atoms with Crippen LogP contribution < -0.4 is 0 Å². The summed E-state index contributed by atoms with van der Waals surface area (Å²) in [5, 5.41) is 8.74. The third-order valence-corrected chi connectivity index (χ3v) is 4.85. The Balaban J connectivity index is 1.64. The molecule has 0 N–H and O–H groups in total. The Labute approximate surface area is 142 Å². The first-order chi connectivity index (χ1) is 11.2. The van der Waals surface area contributed by atoms with Crippen molar-refractivity contribution >= 4 is 37.5 Å². The summed E-state index contributed by atoms with van der Waals surface area (Å²) in [4.78, 5) is 8.43. The molecule has 3 heterocycles. The van der Waals surface area contributed by atoms with E-state index in [1.807, 2.05) is 6.07 Å². The number of thiazole rings is 1. The van der Waals surface area contributed by atoms with Gasteiger partial charge in [0.15, 0.2) is 5.82 Å². The Morgan fingerprint density at radius 3 is 2.96 bits per heavy atom. The Morgan fingerprint density at radius 2 is 2.13 bits per heavy atom. The van der Waals surface area contributed by atoms with Crippen LogP contribution in [0.2, 0.25) is 0 Å². The molecule has 0 fully saturated rings. The minimum atomic E-state index is -0.298. The van der Waals surface area contributed by atoms with Crippen molar-refractivity contribution in [3.63, 3.8) is 0 Å². The van der Waals surface area contributed by atoms with Crippen molar-refractivity contribution in [2.24, 2.45) is 0 Å². The molecule has 4 rings (SSSR count). The molecule has 3 aromatic heterocycles. The van der Waals surface area contributed by atoms with Gasteiger partial charge in [-0.25, -0.2) is 9.37 Å². The van der Waals surface area contributed by atoms with Crippen molar-refractivity contribution in [2.75, 3.05) is 0 Å². The van der Waals surface area contributed by atoms with Crippen LogP contribution in [0.5, 0.6) is 0 Å². The van der Waals surface area contributed by atoms with Crippen molar-refractivity contribution in [3.8, 4) is 11.5 Å². The second-order valence-corrected chi connectivity index (χ2v) is 6.67. The van der Waals surface area contributed by atoms with Crippen molar-refractivity contribution in [2.45, 2.75) is 6.42 Å². The van der Waals surface area contributed by atoms with Crippen LogP contribution in [0.1, 0.15) is 10.9 Å². The van der Waals surface area contributed by atoms with Crippen molar-refractivity contribution in [3.05, 3.63) is 57.8 Å². The quantitative estimate of drug-likeness (QED) is 0.523.